The maximum Gasteiger partial charge on any atom is 0.356 e. The normalized spacial score (nSPS) is 9.69. The van der Waals surface area contributed by atoms with Crippen molar-refractivity contribution >= 4 is 34.3 Å². The second-order valence-electron chi connectivity index (χ2n) is 2.27. The molecule has 0 aliphatic heterocycles. The number of hydrogen-bond donors (Lipinski definition) is 0. The number of aromatic nitrogens is 2. The summed E-state index contributed by atoms with van der Waals surface area (Å²) in [7, 11) is 0. The quantitative estimate of drug-likeness (QED) is 0.482. The van der Waals surface area contributed by atoms with Crippen LogP contribution >= 0.6 is 22.6 Å². The lowest BCUT2D eigenvalue weighted by molar-refractivity contribution is -0.136. The highest BCUT2D eigenvalue weighted by Crippen LogP contribution is 2.07. The number of ether oxygens (including phenoxy) is 1. The van der Waals surface area contributed by atoms with Gasteiger partial charge in [-0.05, 0) is 29.5 Å². The summed E-state index contributed by atoms with van der Waals surface area (Å²) < 4.78 is 7.12. The minimum Gasteiger partial charge on any atom is -0.461 e. The van der Waals surface area contributed by atoms with Crippen molar-refractivity contribution in [3.05, 3.63) is 22.5 Å². The Labute approximate surface area is 89.7 Å². The van der Waals surface area contributed by atoms with Gasteiger partial charge in [-0.25, -0.2) is 9.48 Å². The van der Waals surface area contributed by atoms with Crippen LogP contribution in [0.4, 0.5) is 0 Å². The van der Waals surface area contributed by atoms with Gasteiger partial charge in [0.1, 0.15) is 5.70 Å². The van der Waals surface area contributed by atoms with E-state index in [9.17, 15) is 4.79 Å². The van der Waals surface area contributed by atoms with E-state index in [2.05, 4.69) is 34.3 Å². The van der Waals surface area contributed by atoms with Gasteiger partial charge in [-0.15, -0.1) is 0 Å². The van der Waals surface area contributed by atoms with E-state index in [4.69, 9.17) is 4.74 Å². The van der Waals surface area contributed by atoms with Crippen molar-refractivity contribution in [3.63, 3.8) is 0 Å². The van der Waals surface area contributed by atoms with E-state index >= 15 is 0 Å². The second kappa shape index (κ2) is 4.40. The molecular formula is C8H9IN2O2. The number of halogens is 1. The highest BCUT2D eigenvalue weighted by molar-refractivity contribution is 14.1. The fourth-order valence-corrected chi connectivity index (χ4v) is 1.14. The van der Waals surface area contributed by atoms with Gasteiger partial charge < -0.3 is 4.74 Å². The summed E-state index contributed by atoms with van der Waals surface area (Å²) >= 11 is 2.10. The van der Waals surface area contributed by atoms with Crippen LogP contribution in [0.15, 0.2) is 19.0 Å². The third kappa shape index (κ3) is 2.55. The number of esters is 1. The summed E-state index contributed by atoms with van der Waals surface area (Å²) in [4.78, 5) is 11.2. The molecule has 0 fully saturated rings. The van der Waals surface area contributed by atoms with E-state index < -0.39 is 5.97 Å². The number of carbonyl (C=O) groups excluding carboxylic acids is 1. The van der Waals surface area contributed by atoms with Gasteiger partial charge in [-0.2, -0.15) is 5.10 Å². The van der Waals surface area contributed by atoms with Gasteiger partial charge in [0.2, 0.25) is 0 Å². The molecule has 0 aliphatic rings. The first kappa shape index (κ1) is 10.2. The van der Waals surface area contributed by atoms with Crippen molar-refractivity contribution in [2.24, 2.45) is 0 Å². The Bertz CT molecular complexity index is 333. The molecule has 1 aromatic rings. The molecule has 1 aromatic heterocycles. The summed E-state index contributed by atoms with van der Waals surface area (Å²) in [5, 5.41) is 3.93. The molecule has 1 heterocycles. The summed E-state index contributed by atoms with van der Waals surface area (Å²) in [6.45, 7) is 5.67. The lowest BCUT2D eigenvalue weighted by Gasteiger charge is -2.03. The zero-order valence-electron chi connectivity index (χ0n) is 7.16. The molecule has 5 heteroatoms. The first-order chi connectivity index (χ1) is 6.15. The van der Waals surface area contributed by atoms with Crippen LogP contribution < -0.4 is 0 Å². The average molecular weight is 292 g/mol. The molecular weight excluding hydrogens is 283 g/mol. The van der Waals surface area contributed by atoms with E-state index in [0.29, 0.717) is 6.61 Å². The summed E-state index contributed by atoms with van der Waals surface area (Å²) in [5.74, 6) is -0.443. The number of nitrogens with zero attached hydrogens (tertiary/aromatic N) is 2. The molecule has 0 bridgehead atoms. The van der Waals surface area contributed by atoms with Crippen molar-refractivity contribution in [1.29, 1.82) is 0 Å². The Morgan fingerprint density at radius 2 is 2.54 bits per heavy atom. The van der Waals surface area contributed by atoms with Gasteiger partial charge in [0.15, 0.2) is 0 Å². The fraction of sp³-hybridized carbons (Fsp3) is 0.250. The third-order valence-corrected chi connectivity index (χ3v) is 1.90. The van der Waals surface area contributed by atoms with Crippen LogP contribution in [0.25, 0.3) is 5.70 Å². The van der Waals surface area contributed by atoms with Crippen LogP contribution in [-0.2, 0) is 9.53 Å². The number of rotatable bonds is 3. The first-order valence-corrected chi connectivity index (χ1v) is 4.79. The highest BCUT2D eigenvalue weighted by atomic mass is 127. The van der Waals surface area contributed by atoms with Gasteiger partial charge in [-0.3, -0.25) is 0 Å². The smallest absolute Gasteiger partial charge is 0.356 e. The van der Waals surface area contributed by atoms with E-state index in [1.807, 2.05) is 0 Å². The van der Waals surface area contributed by atoms with Crippen LogP contribution in [-0.4, -0.2) is 22.4 Å². The Hall–Kier alpha value is -0.850. The third-order valence-electron chi connectivity index (χ3n) is 1.34. The van der Waals surface area contributed by atoms with Gasteiger partial charge in [-0.1, -0.05) is 6.58 Å². The van der Waals surface area contributed by atoms with E-state index in [0.717, 1.165) is 3.57 Å². The molecule has 0 N–H and O–H groups in total. The molecule has 4 nitrogen and oxygen atoms in total. The van der Waals surface area contributed by atoms with Crippen LogP contribution in [0.5, 0.6) is 0 Å². The minimum atomic E-state index is -0.443. The van der Waals surface area contributed by atoms with Gasteiger partial charge in [0.25, 0.3) is 0 Å². The predicted octanol–water partition coefficient (Wildman–Crippen LogP) is 1.52. The Morgan fingerprint density at radius 3 is 3.00 bits per heavy atom. The van der Waals surface area contributed by atoms with Crippen molar-refractivity contribution in [1.82, 2.24) is 9.78 Å². The molecule has 0 aromatic carbocycles. The van der Waals surface area contributed by atoms with Crippen molar-refractivity contribution in [2.75, 3.05) is 6.61 Å². The monoisotopic (exact) mass is 292 g/mol. The van der Waals surface area contributed by atoms with Gasteiger partial charge in [0.05, 0.1) is 16.4 Å². The Morgan fingerprint density at radius 1 is 1.85 bits per heavy atom. The van der Waals surface area contributed by atoms with Crippen molar-refractivity contribution in [3.8, 4) is 0 Å². The molecule has 0 amide bonds. The van der Waals surface area contributed by atoms with Gasteiger partial charge in [0, 0.05) is 6.20 Å². The standard InChI is InChI=1S/C8H9IN2O2/c1-3-13-8(12)6(2)11-5-7(9)4-10-11/h4-5H,2-3H2,1H3. The van der Waals surface area contributed by atoms with Crippen LogP contribution in [0.2, 0.25) is 0 Å². The zero-order valence-corrected chi connectivity index (χ0v) is 9.32. The molecule has 0 saturated heterocycles. The molecule has 0 atom stereocenters. The van der Waals surface area contributed by atoms with E-state index in [1.54, 1.807) is 19.3 Å². The average Bonchev–Trinajstić information content (AvgIpc) is 2.51. The summed E-state index contributed by atoms with van der Waals surface area (Å²) in [5.41, 5.74) is 0.227. The molecule has 0 radical (unpaired) electrons. The summed E-state index contributed by atoms with van der Waals surface area (Å²) in [6, 6.07) is 0. The minimum absolute atomic E-state index is 0.227. The topological polar surface area (TPSA) is 44.1 Å². The van der Waals surface area contributed by atoms with Crippen LogP contribution in [0, 0.1) is 3.57 Å². The van der Waals surface area contributed by atoms with Crippen molar-refractivity contribution < 1.29 is 9.53 Å². The Balaban J connectivity index is 2.73. The second-order valence-corrected chi connectivity index (χ2v) is 3.52. The molecule has 0 spiro atoms. The molecule has 70 valence electrons. The van der Waals surface area contributed by atoms with E-state index in [-0.39, 0.29) is 5.70 Å². The van der Waals surface area contributed by atoms with Gasteiger partial charge >= 0.3 is 5.97 Å². The lowest BCUT2D eigenvalue weighted by Crippen LogP contribution is -2.11. The lowest BCUT2D eigenvalue weighted by atomic mass is 10.5. The number of hydrogen-bond acceptors (Lipinski definition) is 3. The molecule has 0 saturated carbocycles. The zero-order chi connectivity index (χ0) is 9.84. The maximum atomic E-state index is 11.2. The fourth-order valence-electron chi connectivity index (χ4n) is 0.756. The van der Waals surface area contributed by atoms with Crippen molar-refractivity contribution in [2.45, 2.75) is 6.92 Å². The largest absolute Gasteiger partial charge is 0.461 e. The predicted molar refractivity (Wildman–Crippen MR) is 56.9 cm³/mol. The molecule has 0 aliphatic carbocycles. The van der Waals surface area contributed by atoms with Crippen LogP contribution in [0.3, 0.4) is 0 Å². The maximum absolute atomic E-state index is 11.2. The molecule has 13 heavy (non-hydrogen) atoms. The molecule has 1 rings (SSSR count). The number of carbonyl (C=O) groups is 1. The Kier molecular flexibility index (Phi) is 3.47. The first-order valence-electron chi connectivity index (χ1n) is 3.71. The molecule has 0 unspecified atom stereocenters. The highest BCUT2D eigenvalue weighted by Gasteiger charge is 2.10. The van der Waals surface area contributed by atoms with E-state index in [1.165, 1.54) is 4.68 Å². The summed E-state index contributed by atoms with van der Waals surface area (Å²) in [6.07, 6.45) is 3.35. The van der Waals surface area contributed by atoms with Crippen LogP contribution in [0.1, 0.15) is 6.92 Å². The SMILES string of the molecule is C=C(C(=O)OCC)n1cc(I)cn1.